The van der Waals surface area contributed by atoms with Gasteiger partial charge in [0, 0.05) is 26.1 Å². The lowest BCUT2D eigenvalue weighted by Gasteiger charge is -2.29. The van der Waals surface area contributed by atoms with Crippen molar-refractivity contribution in [3.8, 4) is 5.75 Å². The largest absolute Gasteiger partial charge is 0.491 e. The van der Waals surface area contributed by atoms with Crippen LogP contribution in [0.15, 0.2) is 30.4 Å². The van der Waals surface area contributed by atoms with Crippen LogP contribution in [-0.4, -0.2) is 72.9 Å². The summed E-state index contributed by atoms with van der Waals surface area (Å²) in [6.07, 6.45) is 1.31. The Morgan fingerprint density at radius 1 is 1.14 bits per heavy atom. The molecule has 3 aliphatic rings. The van der Waals surface area contributed by atoms with Crippen molar-refractivity contribution in [1.29, 1.82) is 0 Å². The lowest BCUT2D eigenvalue weighted by Crippen LogP contribution is -2.46. The molecule has 1 unspecified atom stereocenters. The number of nitrogens with zero attached hydrogens (tertiary/aromatic N) is 2. The van der Waals surface area contributed by atoms with Crippen molar-refractivity contribution in [2.24, 2.45) is 0 Å². The number of rotatable bonds is 5. The van der Waals surface area contributed by atoms with Crippen LogP contribution < -0.4 is 4.74 Å². The number of Topliss-reactive ketones (excluding diaryl/α,β-unsaturated/α-hetero) is 1. The maximum Gasteiger partial charge on any atom is 0.266 e. The second kappa shape index (κ2) is 9.07. The van der Waals surface area contributed by atoms with E-state index in [4.69, 9.17) is 9.47 Å². The molecule has 8 heteroatoms. The van der Waals surface area contributed by atoms with Gasteiger partial charge in [-0.25, -0.2) is 0 Å². The molecule has 1 aromatic rings. The van der Waals surface area contributed by atoms with Crippen LogP contribution in [0.4, 0.5) is 0 Å². The molecule has 0 spiro atoms. The first kappa shape index (κ1) is 21.5. The molecule has 0 aromatic heterocycles. The van der Waals surface area contributed by atoms with Crippen LogP contribution >= 0.6 is 12.4 Å². The fourth-order valence-electron chi connectivity index (χ4n) is 4.01. The Hall–Kier alpha value is -2.22. The van der Waals surface area contributed by atoms with E-state index < -0.39 is 17.9 Å². The van der Waals surface area contributed by atoms with Gasteiger partial charge in [0.05, 0.1) is 30.4 Å². The van der Waals surface area contributed by atoms with Gasteiger partial charge in [-0.2, -0.15) is 0 Å². The van der Waals surface area contributed by atoms with Crippen LogP contribution in [0.5, 0.6) is 5.75 Å². The molecule has 0 radical (unpaired) electrons. The molecule has 0 bridgehead atoms. The van der Waals surface area contributed by atoms with E-state index in [1.807, 2.05) is 0 Å². The molecule has 1 saturated carbocycles. The smallest absolute Gasteiger partial charge is 0.266 e. The summed E-state index contributed by atoms with van der Waals surface area (Å²) >= 11 is 0. The highest BCUT2D eigenvalue weighted by Gasteiger charge is 2.45. The first-order valence-electron chi connectivity index (χ1n) is 9.69. The van der Waals surface area contributed by atoms with Gasteiger partial charge in [-0.05, 0) is 25.0 Å². The van der Waals surface area contributed by atoms with E-state index in [0.717, 1.165) is 30.1 Å². The summed E-state index contributed by atoms with van der Waals surface area (Å²) in [5.41, 5.74) is 1.43. The molecule has 0 N–H and O–H groups in total. The molecule has 4 rings (SSSR count). The predicted octanol–water partition coefficient (Wildman–Crippen LogP) is 2.09. The Bertz CT molecular complexity index is 834. The Labute approximate surface area is 176 Å². The molecule has 2 fully saturated rings. The molecule has 29 heavy (non-hydrogen) atoms. The average Bonchev–Trinajstić information content (AvgIpc) is 2.94. The minimum absolute atomic E-state index is 0. The second-order valence-corrected chi connectivity index (χ2v) is 7.41. The summed E-state index contributed by atoms with van der Waals surface area (Å²) in [4.78, 5) is 41.7. The molecule has 2 aliphatic heterocycles. The van der Waals surface area contributed by atoms with Crippen molar-refractivity contribution >= 4 is 30.0 Å². The molecule has 2 amide bonds. The van der Waals surface area contributed by atoms with Crippen LogP contribution in [0.2, 0.25) is 0 Å². The highest BCUT2D eigenvalue weighted by molar-refractivity contribution is 6.24. The highest BCUT2D eigenvalue weighted by Crippen LogP contribution is 2.35. The molecule has 1 aromatic carbocycles. The molecular formula is C21H25ClN2O5. The van der Waals surface area contributed by atoms with Gasteiger partial charge in [0.2, 0.25) is 0 Å². The molecule has 2 heterocycles. The molecule has 7 nitrogen and oxygen atoms in total. The number of carbonyl (C=O) groups is 3. The number of allylic oxidation sites excluding steroid dienone is 1. The van der Waals surface area contributed by atoms with Gasteiger partial charge in [-0.3, -0.25) is 24.2 Å². The zero-order valence-corrected chi connectivity index (χ0v) is 17.0. The number of carbonyl (C=O) groups excluding carboxylic acids is 3. The molecular weight excluding hydrogens is 396 g/mol. The number of benzene rings is 1. The van der Waals surface area contributed by atoms with Gasteiger partial charge >= 0.3 is 0 Å². The maximum absolute atomic E-state index is 13.0. The molecule has 1 saturated heterocycles. The minimum Gasteiger partial charge on any atom is -0.491 e. The summed E-state index contributed by atoms with van der Waals surface area (Å²) in [5.74, 6) is -0.572. The zero-order valence-electron chi connectivity index (χ0n) is 16.2. The van der Waals surface area contributed by atoms with Gasteiger partial charge in [-0.15, -0.1) is 12.4 Å². The van der Waals surface area contributed by atoms with E-state index in [9.17, 15) is 14.4 Å². The number of amides is 2. The topological polar surface area (TPSA) is 76.2 Å². The number of morpholine rings is 1. The summed E-state index contributed by atoms with van der Waals surface area (Å²) < 4.78 is 11.2. The lowest BCUT2D eigenvalue weighted by molar-refractivity contribution is -0.123. The summed E-state index contributed by atoms with van der Waals surface area (Å²) in [7, 11) is 0. The van der Waals surface area contributed by atoms with Crippen LogP contribution in [0.25, 0.3) is 0 Å². The van der Waals surface area contributed by atoms with Gasteiger partial charge in [-0.1, -0.05) is 18.2 Å². The van der Waals surface area contributed by atoms with E-state index in [-0.39, 0.29) is 30.2 Å². The van der Waals surface area contributed by atoms with Crippen LogP contribution in [0.3, 0.4) is 0 Å². The number of ketones is 1. The third kappa shape index (κ3) is 4.22. The predicted molar refractivity (Wildman–Crippen MR) is 109 cm³/mol. The standard InChI is InChI=1S/C21H24N2O5.ClH/c1-14-5-6-16(17(24)13-14)23-20(25)15-3-2-4-18(19(15)21(23)26)28-12-9-22-7-10-27-11-8-22;/h2-4,16H,1,5-13H2;1H. The van der Waals surface area contributed by atoms with E-state index in [2.05, 4.69) is 11.5 Å². The van der Waals surface area contributed by atoms with Gasteiger partial charge in [0.25, 0.3) is 11.8 Å². The third-order valence-corrected chi connectivity index (χ3v) is 5.56. The number of halogens is 1. The number of ether oxygens (including phenoxy) is 2. The van der Waals surface area contributed by atoms with Crippen molar-refractivity contribution in [3.63, 3.8) is 0 Å². The van der Waals surface area contributed by atoms with E-state index in [0.29, 0.717) is 44.0 Å². The minimum atomic E-state index is -0.709. The maximum atomic E-state index is 13.0. The van der Waals surface area contributed by atoms with Crippen molar-refractivity contribution in [2.75, 3.05) is 39.5 Å². The Kier molecular flexibility index (Phi) is 6.72. The van der Waals surface area contributed by atoms with Crippen molar-refractivity contribution in [1.82, 2.24) is 9.80 Å². The number of fused-ring (bicyclic) bond motifs is 1. The number of hydrogen-bond acceptors (Lipinski definition) is 6. The van der Waals surface area contributed by atoms with Gasteiger partial charge in [0.1, 0.15) is 12.4 Å². The van der Waals surface area contributed by atoms with E-state index in [1.54, 1.807) is 18.2 Å². The lowest BCUT2D eigenvalue weighted by atomic mass is 9.89. The summed E-state index contributed by atoms with van der Waals surface area (Å²) in [5, 5.41) is 0. The molecule has 156 valence electrons. The van der Waals surface area contributed by atoms with Gasteiger partial charge in [0.15, 0.2) is 5.78 Å². The fraction of sp³-hybridized carbons (Fsp3) is 0.476. The number of imide groups is 1. The fourth-order valence-corrected chi connectivity index (χ4v) is 4.01. The third-order valence-electron chi connectivity index (χ3n) is 5.56. The zero-order chi connectivity index (χ0) is 19.7. The Morgan fingerprint density at radius 2 is 1.90 bits per heavy atom. The normalized spacial score (nSPS) is 22.5. The molecule has 1 aliphatic carbocycles. The Morgan fingerprint density at radius 3 is 2.62 bits per heavy atom. The average molecular weight is 421 g/mol. The summed E-state index contributed by atoms with van der Waals surface area (Å²) in [6.45, 7) is 8.13. The van der Waals surface area contributed by atoms with Crippen molar-refractivity contribution < 1.29 is 23.9 Å². The van der Waals surface area contributed by atoms with Crippen LogP contribution in [0, 0.1) is 0 Å². The summed E-state index contributed by atoms with van der Waals surface area (Å²) in [6, 6.07) is 4.33. The SMILES string of the molecule is C=C1CCC(N2C(=O)c3cccc(OCCN4CCOCC4)c3C2=O)C(=O)C1.Cl. The highest BCUT2D eigenvalue weighted by atomic mass is 35.5. The first-order chi connectivity index (χ1) is 13.6. The van der Waals surface area contributed by atoms with Gasteiger partial charge < -0.3 is 9.47 Å². The van der Waals surface area contributed by atoms with E-state index >= 15 is 0 Å². The van der Waals surface area contributed by atoms with E-state index in [1.165, 1.54) is 0 Å². The second-order valence-electron chi connectivity index (χ2n) is 7.41. The first-order valence-corrected chi connectivity index (χ1v) is 9.69. The van der Waals surface area contributed by atoms with Crippen LogP contribution in [0.1, 0.15) is 40.0 Å². The molecule has 1 atom stereocenters. The van der Waals surface area contributed by atoms with Crippen molar-refractivity contribution in [2.45, 2.75) is 25.3 Å². The van der Waals surface area contributed by atoms with Crippen molar-refractivity contribution in [3.05, 3.63) is 41.5 Å². The van der Waals surface area contributed by atoms with Crippen LogP contribution in [-0.2, 0) is 9.53 Å². The Balaban J connectivity index is 0.00000240. The monoisotopic (exact) mass is 420 g/mol. The quantitative estimate of drug-likeness (QED) is 0.536. The number of hydrogen-bond donors (Lipinski definition) is 0.